The fraction of sp³-hybridized carbons (Fsp3) is 0.500. The fourth-order valence-electron chi connectivity index (χ4n) is 1.48. The van der Waals surface area contributed by atoms with Crippen LogP contribution < -0.4 is 5.32 Å². The average molecular weight is 291 g/mol. The van der Waals surface area contributed by atoms with Gasteiger partial charge in [-0.3, -0.25) is 4.79 Å². The van der Waals surface area contributed by atoms with E-state index in [0.29, 0.717) is 5.92 Å². The number of allylic oxidation sites excluding steroid dienone is 3. The van der Waals surface area contributed by atoms with E-state index in [-0.39, 0.29) is 3.91 Å². The zero-order valence-electron chi connectivity index (χ0n) is 7.93. The van der Waals surface area contributed by atoms with Crippen molar-refractivity contribution in [1.82, 2.24) is 5.32 Å². The van der Waals surface area contributed by atoms with E-state index in [9.17, 15) is 4.79 Å². The molecule has 1 N–H and O–H groups in total. The van der Waals surface area contributed by atoms with Crippen LogP contribution in [0.1, 0.15) is 26.7 Å². The fourth-order valence-corrected chi connectivity index (χ4v) is 1.77. The van der Waals surface area contributed by atoms with Gasteiger partial charge in [0, 0.05) is 28.3 Å². The molecule has 0 aromatic heterocycles. The van der Waals surface area contributed by atoms with E-state index < -0.39 is 0 Å². The Labute approximate surface area is 92.6 Å². The van der Waals surface area contributed by atoms with Crippen molar-refractivity contribution in [2.45, 2.75) is 26.7 Å². The third-order valence-electron chi connectivity index (χ3n) is 2.14. The Bertz CT molecular complexity index is 268. The highest BCUT2D eigenvalue weighted by atomic mass is 127. The van der Waals surface area contributed by atoms with Gasteiger partial charge in [-0.25, -0.2) is 0 Å². The summed E-state index contributed by atoms with van der Waals surface area (Å²) in [6, 6.07) is 0. The molecule has 72 valence electrons. The second-order valence-electron chi connectivity index (χ2n) is 3.27. The first kappa shape index (κ1) is 10.8. The summed E-state index contributed by atoms with van der Waals surface area (Å²) in [5.74, 6) is 0.602. The maximum absolute atomic E-state index is 10.9. The molecule has 1 amide bonds. The molecule has 0 aliphatic heterocycles. The third kappa shape index (κ3) is 3.14. The van der Waals surface area contributed by atoms with Crippen LogP contribution in [0.25, 0.3) is 0 Å². The van der Waals surface area contributed by atoms with Gasteiger partial charge in [0.25, 0.3) is 3.91 Å². The van der Waals surface area contributed by atoms with Crippen molar-refractivity contribution >= 4 is 26.5 Å². The van der Waals surface area contributed by atoms with Crippen LogP contribution in [0.3, 0.4) is 0 Å². The van der Waals surface area contributed by atoms with E-state index in [4.69, 9.17) is 0 Å². The molecule has 3 heteroatoms. The Kier molecular flexibility index (Phi) is 3.96. The van der Waals surface area contributed by atoms with E-state index in [1.54, 1.807) is 22.6 Å². The number of halogens is 1. The molecule has 1 aliphatic carbocycles. The molecule has 0 heterocycles. The SMILES string of the molecule is CCC1=CC(C)CC=C1NC(=O)I. The zero-order valence-corrected chi connectivity index (χ0v) is 10.1. The predicted octanol–water partition coefficient (Wildman–Crippen LogP) is 3.39. The van der Waals surface area contributed by atoms with Crippen LogP contribution in [0.15, 0.2) is 23.4 Å². The van der Waals surface area contributed by atoms with Gasteiger partial charge in [0.15, 0.2) is 0 Å². The molecule has 1 atom stereocenters. The van der Waals surface area contributed by atoms with E-state index in [1.165, 1.54) is 5.57 Å². The van der Waals surface area contributed by atoms with E-state index >= 15 is 0 Å². The van der Waals surface area contributed by atoms with Crippen molar-refractivity contribution < 1.29 is 4.79 Å². The Morgan fingerprint density at radius 2 is 2.46 bits per heavy atom. The molecule has 1 rings (SSSR count). The summed E-state index contributed by atoms with van der Waals surface area (Å²) < 4.78 is -0.0160. The van der Waals surface area contributed by atoms with Crippen LogP contribution >= 0.6 is 22.6 Å². The van der Waals surface area contributed by atoms with Crippen LogP contribution in [0.2, 0.25) is 0 Å². The van der Waals surface area contributed by atoms with Gasteiger partial charge in [0.2, 0.25) is 0 Å². The first-order valence-corrected chi connectivity index (χ1v) is 5.59. The van der Waals surface area contributed by atoms with Crippen LogP contribution in [-0.2, 0) is 0 Å². The highest BCUT2D eigenvalue weighted by molar-refractivity contribution is 14.1. The highest BCUT2D eigenvalue weighted by Crippen LogP contribution is 2.23. The molecule has 2 nitrogen and oxygen atoms in total. The lowest BCUT2D eigenvalue weighted by Gasteiger charge is -2.18. The molecule has 1 unspecified atom stereocenters. The van der Waals surface area contributed by atoms with Crippen LogP contribution in [0, 0.1) is 5.92 Å². The monoisotopic (exact) mass is 291 g/mol. The van der Waals surface area contributed by atoms with Crippen molar-refractivity contribution in [3.05, 3.63) is 23.4 Å². The molecule has 0 radical (unpaired) electrons. The van der Waals surface area contributed by atoms with Crippen LogP contribution in [-0.4, -0.2) is 3.91 Å². The van der Waals surface area contributed by atoms with Crippen molar-refractivity contribution in [1.29, 1.82) is 0 Å². The summed E-state index contributed by atoms with van der Waals surface area (Å²) >= 11 is 1.76. The van der Waals surface area contributed by atoms with Crippen molar-refractivity contribution in [2.75, 3.05) is 0 Å². The maximum Gasteiger partial charge on any atom is 0.284 e. The molecule has 0 bridgehead atoms. The lowest BCUT2D eigenvalue weighted by Crippen LogP contribution is -2.19. The van der Waals surface area contributed by atoms with Crippen molar-refractivity contribution in [3.63, 3.8) is 0 Å². The van der Waals surface area contributed by atoms with Gasteiger partial charge in [0.1, 0.15) is 0 Å². The van der Waals surface area contributed by atoms with Gasteiger partial charge in [-0.05, 0) is 24.3 Å². The zero-order chi connectivity index (χ0) is 9.84. The molecule has 0 aromatic rings. The minimum Gasteiger partial charge on any atom is -0.317 e. The lowest BCUT2D eigenvalue weighted by molar-refractivity contribution is 0.265. The minimum atomic E-state index is -0.0160. The van der Waals surface area contributed by atoms with E-state index in [2.05, 4.69) is 31.3 Å². The molecule has 0 saturated carbocycles. The normalized spacial score (nSPS) is 21.9. The molecule has 0 aromatic carbocycles. The molecular formula is C10H14INO. The summed E-state index contributed by atoms with van der Waals surface area (Å²) in [6.45, 7) is 4.30. The molecule has 0 spiro atoms. The molecule has 13 heavy (non-hydrogen) atoms. The van der Waals surface area contributed by atoms with Gasteiger partial charge in [-0.1, -0.05) is 26.0 Å². The van der Waals surface area contributed by atoms with Gasteiger partial charge in [0.05, 0.1) is 0 Å². The molecule has 0 fully saturated rings. The van der Waals surface area contributed by atoms with Crippen molar-refractivity contribution in [3.8, 4) is 0 Å². The first-order chi connectivity index (χ1) is 6.13. The first-order valence-electron chi connectivity index (χ1n) is 4.51. The average Bonchev–Trinajstić information content (AvgIpc) is 2.07. The molecule has 0 saturated heterocycles. The van der Waals surface area contributed by atoms with E-state index in [1.807, 2.05) is 0 Å². The largest absolute Gasteiger partial charge is 0.317 e. The maximum atomic E-state index is 10.9. The highest BCUT2D eigenvalue weighted by Gasteiger charge is 2.12. The number of carbonyl (C=O) groups excluding carboxylic acids is 1. The third-order valence-corrected chi connectivity index (χ3v) is 2.41. The number of carbonyl (C=O) groups is 1. The lowest BCUT2D eigenvalue weighted by atomic mass is 9.94. The number of amides is 1. The number of hydrogen-bond donors (Lipinski definition) is 1. The summed E-state index contributed by atoms with van der Waals surface area (Å²) in [7, 11) is 0. The number of hydrogen-bond acceptors (Lipinski definition) is 1. The van der Waals surface area contributed by atoms with Crippen molar-refractivity contribution in [2.24, 2.45) is 5.92 Å². The van der Waals surface area contributed by atoms with Gasteiger partial charge in [-0.15, -0.1) is 0 Å². The smallest absolute Gasteiger partial charge is 0.284 e. The minimum absolute atomic E-state index is 0.0160. The Morgan fingerprint density at radius 1 is 1.77 bits per heavy atom. The van der Waals surface area contributed by atoms with Crippen LogP contribution in [0.4, 0.5) is 4.79 Å². The Hall–Kier alpha value is -0.320. The summed E-state index contributed by atoms with van der Waals surface area (Å²) in [4.78, 5) is 10.9. The Balaban J connectivity index is 2.73. The van der Waals surface area contributed by atoms with Gasteiger partial charge in [-0.2, -0.15) is 0 Å². The second-order valence-corrected chi connectivity index (χ2v) is 4.25. The van der Waals surface area contributed by atoms with Gasteiger partial charge < -0.3 is 5.32 Å². The topological polar surface area (TPSA) is 29.1 Å². The quantitative estimate of drug-likeness (QED) is 0.471. The summed E-state index contributed by atoms with van der Waals surface area (Å²) in [5, 5.41) is 2.84. The van der Waals surface area contributed by atoms with E-state index in [0.717, 1.165) is 18.5 Å². The van der Waals surface area contributed by atoms with Crippen LogP contribution in [0.5, 0.6) is 0 Å². The van der Waals surface area contributed by atoms with Gasteiger partial charge >= 0.3 is 0 Å². The number of rotatable bonds is 2. The predicted molar refractivity (Wildman–Crippen MR) is 62.8 cm³/mol. The standard InChI is InChI=1S/C10H14INO/c1-3-8-6-7(2)4-5-9(8)12-10(11)13/h5-7H,3-4H2,1-2H3,(H,12,13). The Morgan fingerprint density at radius 3 is 3.00 bits per heavy atom. The molecular weight excluding hydrogens is 277 g/mol. The second kappa shape index (κ2) is 4.79. The molecule has 1 aliphatic rings. The number of nitrogens with one attached hydrogen (secondary N) is 1. The summed E-state index contributed by atoms with van der Waals surface area (Å²) in [5.41, 5.74) is 2.25. The summed E-state index contributed by atoms with van der Waals surface area (Å²) in [6.07, 6.45) is 6.35.